The van der Waals surface area contributed by atoms with Crippen LogP contribution in [0.15, 0.2) is 59.8 Å². The molecule has 7 heteroatoms. The Kier molecular flexibility index (Phi) is 3.38. The fourth-order valence-corrected chi connectivity index (χ4v) is 2.56. The maximum atomic E-state index is 13.3. The Bertz CT molecular complexity index is 1070. The molecule has 3 heterocycles. The van der Waals surface area contributed by atoms with Gasteiger partial charge in [0, 0.05) is 12.7 Å². The predicted molar refractivity (Wildman–Crippen MR) is 86.9 cm³/mol. The normalized spacial score (nSPS) is 11.0. The summed E-state index contributed by atoms with van der Waals surface area (Å²) in [5.41, 5.74) is 1.67. The molecule has 3 aromatic heterocycles. The van der Waals surface area contributed by atoms with Gasteiger partial charge in [-0.05, 0) is 29.8 Å². The van der Waals surface area contributed by atoms with Crippen LogP contribution in [0.1, 0.15) is 5.56 Å². The molecule has 4 rings (SSSR count). The summed E-state index contributed by atoms with van der Waals surface area (Å²) in [7, 11) is 0. The van der Waals surface area contributed by atoms with Crippen LogP contribution in [0, 0.1) is 5.82 Å². The van der Waals surface area contributed by atoms with E-state index in [1.807, 2.05) is 6.07 Å². The van der Waals surface area contributed by atoms with E-state index in [1.54, 1.807) is 35.0 Å². The predicted octanol–water partition coefficient (Wildman–Crippen LogP) is 2.37. The van der Waals surface area contributed by atoms with Gasteiger partial charge in [-0.2, -0.15) is 0 Å². The van der Waals surface area contributed by atoms with Crippen LogP contribution < -0.4 is 5.56 Å². The van der Waals surface area contributed by atoms with Gasteiger partial charge in [0.1, 0.15) is 11.5 Å². The summed E-state index contributed by atoms with van der Waals surface area (Å²) in [4.78, 5) is 27.9. The highest BCUT2D eigenvalue weighted by Crippen LogP contribution is 2.14. The third-order valence-electron chi connectivity index (χ3n) is 3.63. The van der Waals surface area contributed by atoms with Crippen molar-refractivity contribution >= 4 is 11.2 Å². The van der Waals surface area contributed by atoms with Crippen molar-refractivity contribution in [3.63, 3.8) is 0 Å². The first kappa shape index (κ1) is 14.3. The molecular weight excluding hydrogens is 309 g/mol. The van der Waals surface area contributed by atoms with Crippen LogP contribution in [0.2, 0.25) is 0 Å². The number of aromatic nitrogens is 5. The number of imidazole rings is 1. The Balaban J connectivity index is 1.79. The molecule has 0 spiro atoms. The Morgan fingerprint density at radius 2 is 2.04 bits per heavy atom. The summed E-state index contributed by atoms with van der Waals surface area (Å²) >= 11 is 0. The van der Waals surface area contributed by atoms with Crippen molar-refractivity contribution in [2.45, 2.75) is 6.54 Å². The number of halogens is 1. The van der Waals surface area contributed by atoms with E-state index in [2.05, 4.69) is 19.9 Å². The molecule has 0 saturated carbocycles. The third kappa shape index (κ3) is 2.56. The van der Waals surface area contributed by atoms with E-state index in [4.69, 9.17) is 0 Å². The summed E-state index contributed by atoms with van der Waals surface area (Å²) in [5, 5.41) is 0. The summed E-state index contributed by atoms with van der Waals surface area (Å²) in [6, 6.07) is 11.6. The number of fused-ring (bicyclic) bond motifs is 1. The first-order chi connectivity index (χ1) is 11.7. The molecule has 0 unspecified atom stereocenters. The molecule has 24 heavy (non-hydrogen) atoms. The molecule has 118 valence electrons. The smallest absolute Gasteiger partial charge is 0.277 e. The van der Waals surface area contributed by atoms with Crippen LogP contribution in [0.3, 0.4) is 0 Å². The average molecular weight is 321 g/mol. The number of nitrogens with one attached hydrogen (secondary N) is 1. The monoisotopic (exact) mass is 321 g/mol. The molecule has 0 fully saturated rings. The highest BCUT2D eigenvalue weighted by Gasteiger charge is 2.12. The van der Waals surface area contributed by atoms with E-state index in [1.165, 1.54) is 18.5 Å². The summed E-state index contributed by atoms with van der Waals surface area (Å²) in [6.45, 7) is 0.335. The van der Waals surface area contributed by atoms with Gasteiger partial charge in [-0.3, -0.25) is 9.78 Å². The number of hydrogen-bond acceptors (Lipinski definition) is 4. The van der Waals surface area contributed by atoms with Gasteiger partial charge in [0.05, 0.1) is 6.33 Å². The molecule has 0 atom stereocenters. The lowest BCUT2D eigenvalue weighted by atomic mass is 10.2. The number of H-pyrrole nitrogens is 1. The number of pyridine rings is 1. The van der Waals surface area contributed by atoms with Gasteiger partial charge in [-0.25, -0.2) is 14.4 Å². The van der Waals surface area contributed by atoms with E-state index in [9.17, 15) is 9.18 Å². The van der Waals surface area contributed by atoms with E-state index in [-0.39, 0.29) is 11.4 Å². The number of nitrogens with zero attached hydrogens (tertiary/aromatic N) is 4. The minimum atomic E-state index is -0.318. The fourth-order valence-electron chi connectivity index (χ4n) is 2.56. The van der Waals surface area contributed by atoms with Crippen molar-refractivity contribution in [2.24, 2.45) is 0 Å². The molecule has 0 aliphatic rings. The highest BCUT2D eigenvalue weighted by molar-refractivity contribution is 5.72. The lowest BCUT2D eigenvalue weighted by molar-refractivity contribution is 0.624. The second kappa shape index (κ2) is 5.69. The van der Waals surface area contributed by atoms with Crippen LogP contribution in [0.5, 0.6) is 0 Å². The number of benzene rings is 1. The van der Waals surface area contributed by atoms with Crippen molar-refractivity contribution in [3.05, 3.63) is 76.7 Å². The first-order valence-electron chi connectivity index (χ1n) is 7.32. The lowest BCUT2D eigenvalue weighted by Gasteiger charge is -2.05. The average Bonchev–Trinajstić information content (AvgIpc) is 2.99. The fraction of sp³-hybridized carbons (Fsp3) is 0.0588. The number of aromatic amines is 1. The molecule has 0 bridgehead atoms. The zero-order valence-electron chi connectivity index (χ0n) is 12.5. The molecule has 1 N–H and O–H groups in total. The van der Waals surface area contributed by atoms with Gasteiger partial charge in [0.15, 0.2) is 17.0 Å². The quantitative estimate of drug-likeness (QED) is 0.628. The second-order valence-electron chi connectivity index (χ2n) is 5.30. The zero-order valence-corrected chi connectivity index (χ0v) is 12.5. The minimum absolute atomic E-state index is 0.311. The van der Waals surface area contributed by atoms with Gasteiger partial charge < -0.3 is 9.55 Å². The maximum absolute atomic E-state index is 13.3. The Morgan fingerprint density at radius 1 is 1.12 bits per heavy atom. The van der Waals surface area contributed by atoms with Gasteiger partial charge in [-0.1, -0.05) is 18.2 Å². The van der Waals surface area contributed by atoms with E-state index in [0.29, 0.717) is 29.2 Å². The minimum Gasteiger partial charge on any atom is -0.320 e. The summed E-state index contributed by atoms with van der Waals surface area (Å²) in [5.74, 6) is 0.0468. The van der Waals surface area contributed by atoms with Gasteiger partial charge in [0.2, 0.25) is 0 Å². The molecule has 4 aromatic rings. The van der Waals surface area contributed by atoms with E-state index < -0.39 is 0 Å². The van der Waals surface area contributed by atoms with Crippen molar-refractivity contribution in [3.8, 4) is 11.5 Å². The summed E-state index contributed by atoms with van der Waals surface area (Å²) < 4.78 is 15.0. The Morgan fingerprint density at radius 3 is 2.83 bits per heavy atom. The molecule has 6 nitrogen and oxygen atoms in total. The summed E-state index contributed by atoms with van der Waals surface area (Å²) in [6.07, 6.45) is 3.15. The SMILES string of the molecule is O=c1[nH]c(-c2ccccn2)nc2ncn(Cc3cccc(F)c3)c12. The van der Waals surface area contributed by atoms with Crippen molar-refractivity contribution in [1.82, 2.24) is 24.5 Å². The van der Waals surface area contributed by atoms with Gasteiger partial charge in [-0.15, -0.1) is 0 Å². The molecule has 0 amide bonds. The molecular formula is C17H12FN5O. The number of hydrogen-bond donors (Lipinski definition) is 1. The zero-order chi connectivity index (χ0) is 16.5. The number of rotatable bonds is 3. The maximum Gasteiger partial charge on any atom is 0.277 e. The lowest BCUT2D eigenvalue weighted by Crippen LogP contribution is -2.14. The van der Waals surface area contributed by atoms with Crippen molar-refractivity contribution < 1.29 is 4.39 Å². The van der Waals surface area contributed by atoms with Crippen LogP contribution in [-0.4, -0.2) is 24.5 Å². The van der Waals surface area contributed by atoms with Crippen LogP contribution in [0.4, 0.5) is 4.39 Å². The van der Waals surface area contributed by atoms with Gasteiger partial charge >= 0.3 is 0 Å². The highest BCUT2D eigenvalue weighted by atomic mass is 19.1. The first-order valence-corrected chi connectivity index (χ1v) is 7.32. The molecule has 1 aromatic carbocycles. The standard InChI is InChI=1S/C17H12FN5O/c18-12-5-3-4-11(8-12)9-23-10-20-16-14(23)17(24)22-15(21-16)13-6-1-2-7-19-13/h1-8,10H,9H2,(H,21,22,24). The molecule has 0 aliphatic heterocycles. The van der Waals surface area contributed by atoms with E-state index in [0.717, 1.165) is 5.56 Å². The van der Waals surface area contributed by atoms with Crippen LogP contribution >= 0.6 is 0 Å². The largest absolute Gasteiger partial charge is 0.320 e. The van der Waals surface area contributed by atoms with Crippen LogP contribution in [-0.2, 0) is 6.54 Å². The Hall–Kier alpha value is -3.35. The van der Waals surface area contributed by atoms with Crippen LogP contribution in [0.25, 0.3) is 22.7 Å². The second-order valence-corrected chi connectivity index (χ2v) is 5.30. The molecule has 0 saturated heterocycles. The van der Waals surface area contributed by atoms with Crippen molar-refractivity contribution in [1.29, 1.82) is 0 Å². The molecule has 0 aliphatic carbocycles. The van der Waals surface area contributed by atoms with Gasteiger partial charge in [0.25, 0.3) is 5.56 Å². The molecule has 0 radical (unpaired) electrons. The third-order valence-corrected chi connectivity index (χ3v) is 3.63. The van der Waals surface area contributed by atoms with E-state index >= 15 is 0 Å². The Labute approximate surface area is 135 Å². The topological polar surface area (TPSA) is 76.5 Å². The van der Waals surface area contributed by atoms with Crippen molar-refractivity contribution in [2.75, 3.05) is 0 Å².